The zero-order valence-electron chi connectivity index (χ0n) is 21.2. The number of benzene rings is 2. The van der Waals surface area contributed by atoms with Crippen LogP contribution in [0.25, 0.3) is 21.1 Å². The van der Waals surface area contributed by atoms with Gasteiger partial charge < -0.3 is 30.6 Å². The molecule has 0 fully saturated rings. The Morgan fingerprint density at radius 2 is 1.76 bits per heavy atom. The average molecular weight is 540 g/mol. The fraction of sp³-hybridized carbons (Fsp3) is 0.269. The van der Waals surface area contributed by atoms with E-state index in [0.29, 0.717) is 46.2 Å². The van der Waals surface area contributed by atoms with E-state index in [1.165, 1.54) is 22.7 Å². The van der Waals surface area contributed by atoms with Crippen molar-refractivity contribution in [1.82, 2.24) is 9.97 Å². The number of aromatic nitrogens is 2. The van der Waals surface area contributed by atoms with Gasteiger partial charge in [-0.25, -0.2) is 9.97 Å². The molecule has 0 radical (unpaired) electrons. The molecule has 0 atom stereocenters. The van der Waals surface area contributed by atoms with E-state index < -0.39 is 0 Å². The van der Waals surface area contributed by atoms with Crippen molar-refractivity contribution in [1.29, 1.82) is 0 Å². The summed E-state index contributed by atoms with van der Waals surface area (Å²) in [5.74, 6) is 2.24. The largest absolute Gasteiger partial charge is 0.493 e. The van der Waals surface area contributed by atoms with Crippen molar-refractivity contribution in [3.63, 3.8) is 0 Å². The molecular formula is C26H29N5O4S2. The molecule has 0 saturated heterocycles. The second kappa shape index (κ2) is 11.5. The van der Waals surface area contributed by atoms with Crippen LogP contribution in [0.5, 0.6) is 17.2 Å². The third kappa shape index (κ3) is 6.12. The van der Waals surface area contributed by atoms with Crippen LogP contribution < -0.4 is 30.6 Å². The minimum Gasteiger partial charge on any atom is -0.493 e. The summed E-state index contributed by atoms with van der Waals surface area (Å²) in [5.41, 5.74) is 9.42. The highest BCUT2D eigenvalue weighted by molar-refractivity contribution is 7.23. The maximum Gasteiger partial charge on any atom is 0.224 e. The molecule has 9 nitrogen and oxygen atoms in total. The highest BCUT2D eigenvalue weighted by Gasteiger charge is 2.18. The molecule has 0 spiro atoms. The number of nitrogens with two attached hydrogens (primary N) is 1. The molecule has 2 aromatic carbocycles. The lowest BCUT2D eigenvalue weighted by molar-refractivity contribution is -0.116. The van der Waals surface area contributed by atoms with Crippen LogP contribution in [0.2, 0.25) is 0 Å². The van der Waals surface area contributed by atoms with Gasteiger partial charge in [0, 0.05) is 40.9 Å². The highest BCUT2D eigenvalue weighted by Crippen LogP contribution is 2.43. The fourth-order valence-electron chi connectivity index (χ4n) is 3.67. The Morgan fingerprint density at radius 3 is 2.41 bits per heavy atom. The summed E-state index contributed by atoms with van der Waals surface area (Å²) in [6.45, 7) is 4.03. The van der Waals surface area contributed by atoms with Crippen molar-refractivity contribution in [2.24, 2.45) is 5.92 Å². The Bertz CT molecular complexity index is 1370. The maximum atomic E-state index is 12.2. The number of methoxy groups -OCH3 is 3. The predicted octanol–water partition coefficient (Wildman–Crippen LogP) is 6.27. The number of thiazole rings is 2. The summed E-state index contributed by atoms with van der Waals surface area (Å²) in [4.78, 5) is 22.2. The molecule has 0 saturated carbocycles. The van der Waals surface area contributed by atoms with Gasteiger partial charge in [-0.2, -0.15) is 0 Å². The van der Waals surface area contributed by atoms with Gasteiger partial charge in [-0.15, -0.1) is 11.3 Å². The third-order valence-corrected chi connectivity index (χ3v) is 7.29. The molecule has 0 unspecified atom stereocenters. The molecule has 4 aromatic rings. The Balaban J connectivity index is 1.54. The lowest BCUT2D eigenvalue weighted by Gasteiger charge is -2.14. The summed E-state index contributed by atoms with van der Waals surface area (Å²) in [5, 5.41) is 9.55. The number of rotatable bonds is 10. The number of hydrogen-bond acceptors (Lipinski definition) is 10. The van der Waals surface area contributed by atoms with Gasteiger partial charge in [0.25, 0.3) is 0 Å². The molecule has 0 aliphatic carbocycles. The second-order valence-electron chi connectivity index (χ2n) is 8.54. The van der Waals surface area contributed by atoms with Gasteiger partial charge in [-0.05, 0) is 18.1 Å². The summed E-state index contributed by atoms with van der Waals surface area (Å²) in [6.07, 6.45) is 0.474. The van der Waals surface area contributed by atoms with Crippen LogP contribution in [0.4, 0.5) is 22.3 Å². The van der Waals surface area contributed by atoms with Gasteiger partial charge >= 0.3 is 0 Å². The number of nitrogens with zero attached hydrogens (tertiary/aromatic N) is 2. The van der Waals surface area contributed by atoms with E-state index in [-0.39, 0.29) is 5.91 Å². The van der Waals surface area contributed by atoms with Crippen molar-refractivity contribution in [2.45, 2.75) is 20.3 Å². The van der Waals surface area contributed by atoms with Crippen LogP contribution in [0, 0.1) is 5.92 Å². The van der Waals surface area contributed by atoms with E-state index in [2.05, 4.69) is 15.6 Å². The number of ether oxygens (including phenoxy) is 3. The van der Waals surface area contributed by atoms with Crippen molar-refractivity contribution >= 4 is 50.9 Å². The molecular weight excluding hydrogens is 510 g/mol. The van der Waals surface area contributed by atoms with Crippen LogP contribution in [-0.2, 0) is 4.79 Å². The first-order valence-electron chi connectivity index (χ1n) is 11.5. The quantitative estimate of drug-likeness (QED) is 0.216. The number of carbonyl (C=O) groups excluding carboxylic acids is 1. The van der Waals surface area contributed by atoms with Crippen molar-refractivity contribution < 1.29 is 19.0 Å². The minimum absolute atomic E-state index is 0.00400. The normalized spacial score (nSPS) is 10.9. The lowest BCUT2D eigenvalue weighted by Crippen LogP contribution is -2.13. The molecule has 0 aliphatic rings. The number of nitrogen functional groups attached to an aromatic ring is 1. The number of carbonyl (C=O) groups is 1. The second-order valence-corrected chi connectivity index (χ2v) is 10.4. The molecule has 2 heterocycles. The van der Waals surface area contributed by atoms with E-state index in [1.54, 1.807) is 33.5 Å². The third-order valence-electron chi connectivity index (χ3n) is 5.30. The highest BCUT2D eigenvalue weighted by atomic mass is 32.1. The van der Waals surface area contributed by atoms with Crippen molar-refractivity contribution in [2.75, 3.05) is 37.7 Å². The average Bonchev–Trinajstić information content (AvgIpc) is 3.49. The monoisotopic (exact) mass is 539 g/mol. The number of amides is 1. The molecule has 37 heavy (non-hydrogen) atoms. The summed E-state index contributed by atoms with van der Waals surface area (Å²) in [6, 6.07) is 11.3. The van der Waals surface area contributed by atoms with Gasteiger partial charge in [0.05, 0.1) is 27.0 Å². The summed E-state index contributed by atoms with van der Waals surface area (Å²) in [7, 11) is 4.69. The molecule has 0 aliphatic heterocycles. The lowest BCUT2D eigenvalue weighted by atomic mass is 10.1. The van der Waals surface area contributed by atoms with Gasteiger partial charge in [0.1, 0.15) is 15.7 Å². The summed E-state index contributed by atoms with van der Waals surface area (Å²) >= 11 is 2.89. The predicted molar refractivity (Wildman–Crippen MR) is 151 cm³/mol. The number of hydrogen-bond donors (Lipinski definition) is 3. The zero-order chi connectivity index (χ0) is 26.5. The Morgan fingerprint density at radius 1 is 1.03 bits per heavy atom. The standard InChI is InChI=1S/C26H29N5O4S2/c1-14(2)9-21(32)28-16-8-6-7-15(10-16)18-13-36-25(30-18)23-24(27)31-26(37-23)29-17-11-19(33-3)22(35-5)20(12-17)34-4/h6-8,10-14H,9,27H2,1-5H3,(H,28,32)(H,29,31). The van der Waals surface area contributed by atoms with E-state index in [4.69, 9.17) is 24.9 Å². The Hall–Kier alpha value is -3.83. The molecule has 0 bridgehead atoms. The van der Waals surface area contributed by atoms with Crippen LogP contribution in [0.1, 0.15) is 20.3 Å². The first kappa shape index (κ1) is 26.2. The van der Waals surface area contributed by atoms with E-state index >= 15 is 0 Å². The molecule has 1 amide bonds. The molecule has 2 aromatic heterocycles. The van der Waals surface area contributed by atoms with Crippen molar-refractivity contribution in [3.8, 4) is 38.4 Å². The first-order chi connectivity index (χ1) is 17.8. The smallest absolute Gasteiger partial charge is 0.224 e. The topological polar surface area (TPSA) is 121 Å². The van der Waals surface area contributed by atoms with Crippen LogP contribution in [-0.4, -0.2) is 37.2 Å². The van der Waals surface area contributed by atoms with Gasteiger partial charge in [0.2, 0.25) is 11.7 Å². The Labute approximate surface area is 223 Å². The first-order valence-corrected chi connectivity index (χ1v) is 13.2. The molecule has 4 rings (SSSR count). The van der Waals surface area contributed by atoms with Gasteiger partial charge in [-0.3, -0.25) is 4.79 Å². The van der Waals surface area contributed by atoms with Gasteiger partial charge in [-0.1, -0.05) is 37.3 Å². The summed E-state index contributed by atoms with van der Waals surface area (Å²) < 4.78 is 16.2. The number of nitrogens with one attached hydrogen (secondary N) is 2. The molecule has 4 N–H and O–H groups in total. The molecule has 194 valence electrons. The van der Waals surface area contributed by atoms with Gasteiger partial charge in [0.15, 0.2) is 16.6 Å². The zero-order valence-corrected chi connectivity index (χ0v) is 22.9. The molecule has 11 heteroatoms. The van der Waals surface area contributed by atoms with E-state index in [9.17, 15) is 4.79 Å². The SMILES string of the molecule is COc1cc(Nc2nc(N)c(-c3nc(-c4cccc(NC(=O)CC(C)C)c4)cs3)s2)cc(OC)c1OC. The van der Waals surface area contributed by atoms with E-state index in [0.717, 1.165) is 26.8 Å². The van der Waals surface area contributed by atoms with Crippen LogP contribution in [0.3, 0.4) is 0 Å². The van der Waals surface area contributed by atoms with Crippen LogP contribution in [0.15, 0.2) is 41.8 Å². The van der Waals surface area contributed by atoms with E-state index in [1.807, 2.05) is 43.5 Å². The Kier molecular flexibility index (Phi) is 8.14. The fourth-order valence-corrected chi connectivity index (χ4v) is 5.50. The number of anilines is 4. The van der Waals surface area contributed by atoms with Crippen molar-refractivity contribution in [3.05, 3.63) is 41.8 Å². The van der Waals surface area contributed by atoms with Crippen LogP contribution >= 0.6 is 22.7 Å². The minimum atomic E-state index is -0.00400. The maximum absolute atomic E-state index is 12.2.